The summed E-state index contributed by atoms with van der Waals surface area (Å²) in [5.74, 6) is -2.05. The molecule has 1 aliphatic carbocycles. The van der Waals surface area contributed by atoms with E-state index in [-0.39, 0.29) is 30.1 Å². The minimum absolute atomic E-state index is 0.0462. The van der Waals surface area contributed by atoms with Crippen molar-refractivity contribution in [2.24, 2.45) is 5.92 Å². The van der Waals surface area contributed by atoms with E-state index >= 15 is 0 Å². The zero-order valence-corrected chi connectivity index (χ0v) is 18.6. The second kappa shape index (κ2) is 10.1. The largest absolute Gasteiger partial charge is 0.573 e. The highest BCUT2D eigenvalue weighted by molar-refractivity contribution is 5.95. The highest BCUT2D eigenvalue weighted by Crippen LogP contribution is 2.35. The first-order valence-electron chi connectivity index (χ1n) is 10.7. The molecule has 0 bridgehead atoms. The van der Waals surface area contributed by atoms with Gasteiger partial charge in [0, 0.05) is 11.6 Å². The molecular weight excluding hydrogens is 435 g/mol. The average Bonchev–Trinajstić information content (AvgIpc) is 3.14. The molecule has 0 aliphatic heterocycles. The van der Waals surface area contributed by atoms with Crippen LogP contribution in [-0.4, -0.2) is 30.9 Å². The van der Waals surface area contributed by atoms with Crippen LogP contribution >= 0.6 is 0 Å². The summed E-state index contributed by atoms with van der Waals surface area (Å²) in [5, 5.41) is 2.80. The van der Waals surface area contributed by atoms with Crippen molar-refractivity contribution in [1.82, 2.24) is 5.32 Å². The number of benzene rings is 2. The number of aryl methyl sites for hydroxylation is 2. The van der Waals surface area contributed by atoms with Gasteiger partial charge in [-0.05, 0) is 56.9 Å². The van der Waals surface area contributed by atoms with Crippen molar-refractivity contribution in [2.75, 3.05) is 6.61 Å². The van der Waals surface area contributed by atoms with E-state index in [4.69, 9.17) is 4.74 Å². The number of amides is 1. The number of halogens is 3. The van der Waals surface area contributed by atoms with Crippen LogP contribution in [0.2, 0.25) is 0 Å². The number of rotatable bonds is 7. The van der Waals surface area contributed by atoms with Gasteiger partial charge in [0.25, 0.3) is 5.91 Å². The molecule has 0 unspecified atom stereocenters. The van der Waals surface area contributed by atoms with E-state index in [1.807, 2.05) is 38.1 Å². The maximum absolute atomic E-state index is 12.8. The number of alkyl halides is 3. The van der Waals surface area contributed by atoms with Gasteiger partial charge >= 0.3 is 12.3 Å². The van der Waals surface area contributed by atoms with Crippen LogP contribution in [0.5, 0.6) is 5.75 Å². The molecule has 2 aromatic carbocycles. The Morgan fingerprint density at radius 3 is 2.42 bits per heavy atom. The molecule has 0 saturated heterocycles. The molecule has 1 amide bonds. The van der Waals surface area contributed by atoms with Gasteiger partial charge < -0.3 is 14.8 Å². The molecule has 0 heterocycles. The lowest BCUT2D eigenvalue weighted by atomic mass is 9.84. The number of esters is 1. The molecule has 3 rings (SSSR count). The van der Waals surface area contributed by atoms with Crippen LogP contribution < -0.4 is 10.1 Å². The van der Waals surface area contributed by atoms with Gasteiger partial charge in [0.2, 0.25) is 0 Å². The predicted octanol–water partition coefficient (Wildman–Crippen LogP) is 5.22. The maximum Gasteiger partial charge on any atom is 0.573 e. The fraction of sp³-hybridized carbons (Fsp3) is 0.360. The summed E-state index contributed by atoms with van der Waals surface area (Å²) in [6.45, 7) is 5.93. The molecule has 0 aromatic heterocycles. The van der Waals surface area contributed by atoms with Crippen LogP contribution in [0.25, 0.3) is 0 Å². The molecule has 1 N–H and O–H groups in total. The molecule has 2 aromatic rings. The van der Waals surface area contributed by atoms with Crippen LogP contribution in [0.15, 0.2) is 54.6 Å². The Morgan fingerprint density at radius 1 is 1.09 bits per heavy atom. The average molecular weight is 461 g/mol. The molecule has 0 radical (unpaired) electrons. The zero-order chi connectivity index (χ0) is 24.2. The second-order valence-corrected chi connectivity index (χ2v) is 8.09. The first kappa shape index (κ1) is 24.4. The molecular formula is C25H26F3NO4. The van der Waals surface area contributed by atoms with E-state index < -0.39 is 23.9 Å². The Morgan fingerprint density at radius 2 is 1.79 bits per heavy atom. The third kappa shape index (κ3) is 6.60. The van der Waals surface area contributed by atoms with Crippen molar-refractivity contribution in [2.45, 2.75) is 45.5 Å². The van der Waals surface area contributed by atoms with Gasteiger partial charge in [-0.3, -0.25) is 9.59 Å². The third-order valence-corrected chi connectivity index (χ3v) is 5.33. The number of ether oxygens (including phenoxy) is 2. The standard InChI is InChI=1S/C25H26F3NO4/c1-4-32-24(31)22(19-11-15(2)10-16(3)12-19)17-8-9-20(13-17)29-23(30)18-6-5-7-21(14-18)33-25(26,27)28/h5-12,14,17,20,22H,4,13H2,1-3H3,(H,29,30)/t17-,20-,22-/m0/s1. The Kier molecular flexibility index (Phi) is 7.46. The first-order chi connectivity index (χ1) is 15.6. The Balaban J connectivity index is 1.72. The fourth-order valence-electron chi connectivity index (χ4n) is 4.15. The summed E-state index contributed by atoms with van der Waals surface area (Å²) in [5.41, 5.74) is 2.97. The topological polar surface area (TPSA) is 64.6 Å². The normalized spacial score (nSPS) is 18.6. The monoisotopic (exact) mass is 461 g/mol. The lowest BCUT2D eigenvalue weighted by Crippen LogP contribution is -2.34. The van der Waals surface area contributed by atoms with Crippen LogP contribution in [0.3, 0.4) is 0 Å². The molecule has 176 valence electrons. The van der Waals surface area contributed by atoms with Crippen molar-refractivity contribution in [3.8, 4) is 5.75 Å². The van der Waals surface area contributed by atoms with E-state index in [0.29, 0.717) is 6.42 Å². The Bertz CT molecular complexity index is 1030. The van der Waals surface area contributed by atoms with Gasteiger partial charge in [-0.15, -0.1) is 13.2 Å². The first-order valence-corrected chi connectivity index (χ1v) is 10.7. The Labute approximate surface area is 190 Å². The number of nitrogens with one attached hydrogen (secondary N) is 1. The summed E-state index contributed by atoms with van der Waals surface area (Å²) < 4.78 is 46.6. The van der Waals surface area contributed by atoms with E-state index in [0.717, 1.165) is 28.8 Å². The summed E-state index contributed by atoms with van der Waals surface area (Å²) in [7, 11) is 0. The lowest BCUT2D eigenvalue weighted by molar-refractivity contribution is -0.274. The van der Waals surface area contributed by atoms with Gasteiger partial charge in [-0.25, -0.2) is 0 Å². The third-order valence-electron chi connectivity index (χ3n) is 5.33. The van der Waals surface area contributed by atoms with Gasteiger partial charge in [0.1, 0.15) is 5.75 Å². The SMILES string of the molecule is CCOC(=O)[C@H](c1cc(C)cc(C)c1)[C@H]1C=C[C@H](NC(=O)c2cccc(OC(F)(F)F)c2)C1. The Hall–Kier alpha value is -3.29. The van der Waals surface area contributed by atoms with Gasteiger partial charge in [0.15, 0.2) is 0 Å². The van der Waals surface area contributed by atoms with Gasteiger partial charge in [-0.1, -0.05) is 47.5 Å². The minimum Gasteiger partial charge on any atom is -0.466 e. The number of hydrogen-bond acceptors (Lipinski definition) is 4. The number of carbonyl (C=O) groups excluding carboxylic acids is 2. The smallest absolute Gasteiger partial charge is 0.466 e. The van der Waals surface area contributed by atoms with E-state index in [2.05, 4.69) is 10.1 Å². The molecule has 1 aliphatic rings. The molecule has 5 nitrogen and oxygen atoms in total. The fourth-order valence-corrected chi connectivity index (χ4v) is 4.15. The highest BCUT2D eigenvalue weighted by Gasteiger charge is 2.35. The zero-order valence-electron chi connectivity index (χ0n) is 18.6. The lowest BCUT2D eigenvalue weighted by Gasteiger charge is -2.23. The minimum atomic E-state index is -4.84. The van der Waals surface area contributed by atoms with Crippen LogP contribution in [0.1, 0.15) is 46.3 Å². The number of hydrogen-bond donors (Lipinski definition) is 1. The predicted molar refractivity (Wildman–Crippen MR) is 117 cm³/mol. The summed E-state index contributed by atoms with van der Waals surface area (Å²) in [6, 6.07) is 10.5. The van der Waals surface area contributed by atoms with E-state index in [9.17, 15) is 22.8 Å². The molecule has 3 atom stereocenters. The van der Waals surface area contributed by atoms with Crippen molar-refractivity contribution < 1.29 is 32.2 Å². The number of allylic oxidation sites excluding steroid dienone is 1. The second-order valence-electron chi connectivity index (χ2n) is 8.09. The van der Waals surface area contributed by atoms with Crippen LogP contribution in [0.4, 0.5) is 13.2 Å². The summed E-state index contributed by atoms with van der Waals surface area (Å²) in [6.07, 6.45) is -0.700. The molecule has 0 saturated carbocycles. The van der Waals surface area contributed by atoms with Crippen molar-refractivity contribution in [3.63, 3.8) is 0 Å². The molecule has 33 heavy (non-hydrogen) atoms. The molecule has 0 fully saturated rings. The van der Waals surface area contributed by atoms with Crippen molar-refractivity contribution in [1.29, 1.82) is 0 Å². The number of carbonyl (C=O) groups is 2. The van der Waals surface area contributed by atoms with Gasteiger partial charge in [0.05, 0.1) is 12.5 Å². The van der Waals surface area contributed by atoms with Crippen molar-refractivity contribution >= 4 is 11.9 Å². The quantitative estimate of drug-likeness (QED) is 0.453. The maximum atomic E-state index is 12.8. The van der Waals surface area contributed by atoms with Crippen LogP contribution in [-0.2, 0) is 9.53 Å². The highest BCUT2D eigenvalue weighted by atomic mass is 19.4. The molecule has 8 heteroatoms. The van der Waals surface area contributed by atoms with Crippen LogP contribution in [0, 0.1) is 19.8 Å². The summed E-state index contributed by atoms with van der Waals surface area (Å²) in [4.78, 5) is 25.4. The van der Waals surface area contributed by atoms with Gasteiger partial charge in [-0.2, -0.15) is 0 Å². The van der Waals surface area contributed by atoms with E-state index in [1.165, 1.54) is 12.1 Å². The van der Waals surface area contributed by atoms with E-state index in [1.54, 1.807) is 13.0 Å². The molecule has 0 spiro atoms. The van der Waals surface area contributed by atoms with Crippen molar-refractivity contribution in [3.05, 3.63) is 76.9 Å². The summed E-state index contributed by atoms with van der Waals surface area (Å²) >= 11 is 0.